The van der Waals surface area contributed by atoms with Crippen molar-refractivity contribution in [1.82, 2.24) is 0 Å². The average molecular weight is 284 g/mol. The number of hydrogen-bond acceptors (Lipinski definition) is 5. The number of nitrogens with zero attached hydrogens (tertiary/aromatic N) is 1. The number of nitrogens with two attached hydrogens (primary N) is 1. The number of anilines is 1. The van der Waals surface area contributed by atoms with E-state index in [2.05, 4.69) is 10.1 Å². The lowest BCUT2D eigenvalue weighted by Gasteiger charge is -2.08. The van der Waals surface area contributed by atoms with Crippen LogP contribution in [0, 0.1) is 15.5 Å². The predicted octanol–water partition coefficient (Wildman–Crippen LogP) is 2.60. The minimum absolute atomic E-state index is 0.0677. The van der Waals surface area contributed by atoms with Crippen LogP contribution >= 0.6 is 0 Å². The van der Waals surface area contributed by atoms with Gasteiger partial charge in [-0.2, -0.15) is 0 Å². The number of nitrogen functional groups attached to an aromatic ring is 1. The summed E-state index contributed by atoms with van der Waals surface area (Å²) in [5.74, 6) is -0.186. The molecule has 0 atom stereocenters. The SMILES string of the molecule is CC.CCNc1ccc([N+](=O)[O-])cc1C(=N)N.COC. The zero-order valence-corrected chi connectivity index (χ0v) is 12.7. The van der Waals surface area contributed by atoms with Gasteiger partial charge in [-0.3, -0.25) is 15.5 Å². The predicted molar refractivity (Wildman–Crippen MR) is 82.6 cm³/mol. The van der Waals surface area contributed by atoms with Crippen molar-refractivity contribution in [2.45, 2.75) is 20.8 Å². The number of hydrogen-bond donors (Lipinski definition) is 3. The zero-order chi connectivity index (χ0) is 16.1. The highest BCUT2D eigenvalue weighted by atomic mass is 16.6. The van der Waals surface area contributed by atoms with E-state index in [1.807, 2.05) is 20.8 Å². The van der Waals surface area contributed by atoms with Crippen LogP contribution in [0.1, 0.15) is 26.3 Å². The molecule has 1 aromatic carbocycles. The fourth-order valence-electron chi connectivity index (χ4n) is 1.21. The molecule has 1 rings (SSSR count). The quantitative estimate of drug-likeness (QED) is 0.340. The smallest absolute Gasteiger partial charge is 0.270 e. The lowest BCUT2D eigenvalue weighted by Crippen LogP contribution is -2.14. The topological polar surface area (TPSA) is 114 Å². The van der Waals surface area contributed by atoms with Crippen LogP contribution < -0.4 is 11.1 Å². The first-order chi connectivity index (χ1) is 9.47. The third-order valence-corrected chi connectivity index (χ3v) is 1.87. The van der Waals surface area contributed by atoms with Crippen LogP contribution in [-0.2, 0) is 4.74 Å². The Kier molecular flexibility index (Phi) is 12.0. The van der Waals surface area contributed by atoms with Gasteiger partial charge < -0.3 is 15.8 Å². The summed E-state index contributed by atoms with van der Waals surface area (Å²) in [6, 6.07) is 4.23. The Morgan fingerprint density at radius 1 is 1.45 bits per heavy atom. The molecule has 0 radical (unpaired) electrons. The number of nitro benzene ring substituents is 1. The Balaban J connectivity index is 0. The molecule has 0 spiro atoms. The zero-order valence-electron chi connectivity index (χ0n) is 12.7. The van der Waals surface area contributed by atoms with Gasteiger partial charge >= 0.3 is 0 Å². The summed E-state index contributed by atoms with van der Waals surface area (Å²) in [5.41, 5.74) is 6.25. The summed E-state index contributed by atoms with van der Waals surface area (Å²) in [7, 11) is 3.25. The van der Waals surface area contributed by atoms with Crippen molar-refractivity contribution in [2.24, 2.45) is 5.73 Å². The van der Waals surface area contributed by atoms with E-state index < -0.39 is 4.92 Å². The Hall–Kier alpha value is -2.15. The molecule has 4 N–H and O–H groups in total. The molecule has 0 heterocycles. The molecule has 114 valence electrons. The van der Waals surface area contributed by atoms with Crippen LogP contribution in [-0.4, -0.2) is 31.5 Å². The summed E-state index contributed by atoms with van der Waals surface area (Å²) in [6.45, 7) is 6.56. The van der Waals surface area contributed by atoms with Crippen molar-refractivity contribution in [3.8, 4) is 0 Å². The Morgan fingerprint density at radius 3 is 2.30 bits per heavy atom. The van der Waals surface area contributed by atoms with E-state index in [-0.39, 0.29) is 11.5 Å². The number of benzene rings is 1. The van der Waals surface area contributed by atoms with Crippen LogP contribution in [0.5, 0.6) is 0 Å². The van der Waals surface area contributed by atoms with Gasteiger partial charge in [0.25, 0.3) is 5.69 Å². The molecule has 0 fully saturated rings. The third-order valence-electron chi connectivity index (χ3n) is 1.87. The molecular formula is C13H24N4O3. The number of non-ortho nitro benzene ring substituents is 1. The lowest BCUT2D eigenvalue weighted by atomic mass is 10.1. The highest BCUT2D eigenvalue weighted by Gasteiger charge is 2.11. The molecular weight excluding hydrogens is 260 g/mol. The highest BCUT2D eigenvalue weighted by molar-refractivity contribution is 6.00. The van der Waals surface area contributed by atoms with Crippen molar-refractivity contribution in [1.29, 1.82) is 5.41 Å². The Morgan fingerprint density at radius 2 is 1.95 bits per heavy atom. The van der Waals surface area contributed by atoms with Crippen molar-refractivity contribution >= 4 is 17.2 Å². The largest absolute Gasteiger partial charge is 0.388 e. The third kappa shape index (κ3) is 7.32. The lowest BCUT2D eigenvalue weighted by molar-refractivity contribution is -0.384. The first-order valence-corrected chi connectivity index (χ1v) is 6.24. The Labute approximate surface area is 119 Å². The summed E-state index contributed by atoms with van der Waals surface area (Å²) in [6.07, 6.45) is 0. The van der Waals surface area contributed by atoms with Crippen molar-refractivity contribution < 1.29 is 9.66 Å². The molecule has 0 aliphatic carbocycles. The summed E-state index contributed by atoms with van der Waals surface area (Å²) in [5, 5.41) is 20.8. The molecule has 0 unspecified atom stereocenters. The van der Waals surface area contributed by atoms with Crippen LogP contribution in [0.25, 0.3) is 0 Å². The number of nitrogens with one attached hydrogen (secondary N) is 2. The second kappa shape index (κ2) is 11.9. The van der Waals surface area contributed by atoms with Gasteiger partial charge in [-0.05, 0) is 13.0 Å². The van der Waals surface area contributed by atoms with Gasteiger partial charge in [0, 0.05) is 44.1 Å². The molecule has 7 heteroatoms. The maximum atomic E-state index is 10.5. The van der Waals surface area contributed by atoms with Gasteiger partial charge in [0.1, 0.15) is 5.84 Å². The monoisotopic (exact) mass is 284 g/mol. The number of amidine groups is 1. The average Bonchev–Trinajstić information content (AvgIpc) is 2.42. The van der Waals surface area contributed by atoms with Crippen molar-refractivity contribution in [3.63, 3.8) is 0 Å². The number of rotatable bonds is 4. The van der Waals surface area contributed by atoms with E-state index in [4.69, 9.17) is 11.1 Å². The molecule has 0 saturated heterocycles. The number of methoxy groups -OCH3 is 1. The minimum atomic E-state index is -0.512. The van der Waals surface area contributed by atoms with Crippen molar-refractivity contribution in [2.75, 3.05) is 26.1 Å². The van der Waals surface area contributed by atoms with E-state index >= 15 is 0 Å². The standard InChI is InChI=1S/C9H12N4O2.C2H6O.C2H6/c1-2-12-8-4-3-6(13(14)15)5-7(8)9(10)11;1-3-2;1-2/h3-5,12H,2H2,1H3,(H3,10,11);1-2H3;1-2H3. The fourth-order valence-corrected chi connectivity index (χ4v) is 1.21. The van der Waals surface area contributed by atoms with Crippen LogP contribution in [0.3, 0.4) is 0 Å². The second-order valence-electron chi connectivity index (χ2n) is 3.34. The number of nitro groups is 1. The summed E-state index contributed by atoms with van der Waals surface area (Å²) < 4.78 is 4.25. The van der Waals surface area contributed by atoms with E-state index in [1.54, 1.807) is 20.3 Å². The molecule has 1 aromatic rings. The van der Waals surface area contributed by atoms with E-state index in [0.717, 1.165) is 0 Å². The highest BCUT2D eigenvalue weighted by Crippen LogP contribution is 2.21. The van der Waals surface area contributed by atoms with Gasteiger partial charge in [0.05, 0.1) is 4.92 Å². The van der Waals surface area contributed by atoms with Gasteiger partial charge in [-0.1, -0.05) is 13.8 Å². The molecule has 7 nitrogen and oxygen atoms in total. The number of ether oxygens (including phenoxy) is 1. The summed E-state index contributed by atoms with van der Waals surface area (Å²) in [4.78, 5) is 10.0. The minimum Gasteiger partial charge on any atom is -0.388 e. The maximum absolute atomic E-state index is 10.5. The van der Waals surface area contributed by atoms with Crippen molar-refractivity contribution in [3.05, 3.63) is 33.9 Å². The Bertz CT molecular complexity index is 422. The summed E-state index contributed by atoms with van der Waals surface area (Å²) >= 11 is 0. The van der Waals surface area contributed by atoms with Crippen LogP contribution in [0.2, 0.25) is 0 Å². The first-order valence-electron chi connectivity index (χ1n) is 6.24. The molecule has 0 aliphatic heterocycles. The van der Waals surface area contributed by atoms with Gasteiger partial charge in [-0.15, -0.1) is 0 Å². The van der Waals surface area contributed by atoms with Gasteiger partial charge in [-0.25, -0.2) is 0 Å². The molecule has 20 heavy (non-hydrogen) atoms. The molecule has 0 amide bonds. The molecule has 0 aliphatic rings. The van der Waals surface area contributed by atoms with E-state index in [1.165, 1.54) is 12.1 Å². The normalized spacial score (nSPS) is 8.45. The van der Waals surface area contributed by atoms with Crippen LogP contribution in [0.15, 0.2) is 18.2 Å². The second-order valence-corrected chi connectivity index (χ2v) is 3.34. The van der Waals surface area contributed by atoms with E-state index in [0.29, 0.717) is 17.8 Å². The van der Waals surface area contributed by atoms with Gasteiger partial charge in [0.15, 0.2) is 0 Å². The van der Waals surface area contributed by atoms with Crippen LogP contribution in [0.4, 0.5) is 11.4 Å². The fraction of sp³-hybridized carbons (Fsp3) is 0.462. The maximum Gasteiger partial charge on any atom is 0.270 e. The molecule has 0 aromatic heterocycles. The molecule has 0 saturated carbocycles. The molecule has 0 bridgehead atoms. The first kappa shape index (κ1) is 20.2. The van der Waals surface area contributed by atoms with E-state index in [9.17, 15) is 10.1 Å². The van der Waals surface area contributed by atoms with Gasteiger partial charge in [0.2, 0.25) is 0 Å².